The molecular formula is C13H16NO3PS. The highest BCUT2D eigenvalue weighted by Gasteiger charge is 2.29. The van der Waals surface area contributed by atoms with Crippen LogP contribution in [-0.4, -0.2) is 22.7 Å². The van der Waals surface area contributed by atoms with Crippen molar-refractivity contribution in [3.63, 3.8) is 0 Å². The molecule has 0 aliphatic carbocycles. The molecule has 0 atom stereocenters. The Labute approximate surface area is 117 Å². The summed E-state index contributed by atoms with van der Waals surface area (Å²) < 4.78 is 1.01. The second-order valence-electron chi connectivity index (χ2n) is 4.79. The van der Waals surface area contributed by atoms with Gasteiger partial charge in [-0.2, -0.15) is 0 Å². The summed E-state index contributed by atoms with van der Waals surface area (Å²) in [5.41, 5.74) is 0.859. The molecule has 0 unspecified atom stereocenters. The minimum atomic E-state index is -2.06. The van der Waals surface area contributed by atoms with Crippen LogP contribution in [0.3, 0.4) is 0 Å². The molecule has 0 spiro atoms. The van der Waals surface area contributed by atoms with Crippen LogP contribution < -0.4 is 5.32 Å². The van der Waals surface area contributed by atoms with Gasteiger partial charge in [0.05, 0.1) is 10.0 Å². The topological polar surface area (TPSA) is 69.6 Å². The first-order valence-electron chi connectivity index (χ1n) is 5.80. The minimum absolute atomic E-state index is 0.103. The summed E-state index contributed by atoms with van der Waals surface area (Å²) in [5.74, 6) is -0.103. The molecule has 1 heterocycles. The molecule has 4 nitrogen and oxygen atoms in total. The first-order chi connectivity index (χ1) is 8.86. The summed E-state index contributed by atoms with van der Waals surface area (Å²) in [5, 5.41) is 2.87. The van der Waals surface area contributed by atoms with Crippen molar-refractivity contribution in [1.82, 2.24) is 5.32 Å². The van der Waals surface area contributed by atoms with Gasteiger partial charge in [-0.05, 0) is 43.0 Å². The number of carbonyl (C=O) groups is 1. The molecule has 0 bridgehead atoms. The molecule has 1 amide bonds. The van der Waals surface area contributed by atoms with Gasteiger partial charge < -0.3 is 15.1 Å². The Kier molecular flexibility index (Phi) is 3.92. The molecule has 2 aromatic rings. The van der Waals surface area contributed by atoms with E-state index in [-0.39, 0.29) is 5.91 Å². The Balaban J connectivity index is 2.49. The fourth-order valence-electron chi connectivity index (χ4n) is 1.77. The Morgan fingerprint density at radius 3 is 2.58 bits per heavy atom. The Hall–Kier alpha value is -1.00. The van der Waals surface area contributed by atoms with Gasteiger partial charge >= 0.3 is 0 Å². The molecule has 102 valence electrons. The lowest BCUT2D eigenvalue weighted by Gasteiger charge is -2.26. The summed E-state index contributed by atoms with van der Waals surface area (Å²) >= 11 is 1.43. The SMILES string of the molecule is CNC(=O)c1cc2cc(C(C)(C)P(O)O)ccc2s1. The molecule has 2 rings (SSSR count). The molecular weight excluding hydrogens is 281 g/mol. The standard InChI is InChI=1S/C13H16NO3PS/c1-13(2,18(16)17)9-4-5-10-8(6-9)7-11(19-10)12(15)14-3/h4-7,16-17H,1-3H3,(H,14,15). The molecule has 0 saturated heterocycles. The van der Waals surface area contributed by atoms with Crippen LogP contribution in [0.2, 0.25) is 0 Å². The van der Waals surface area contributed by atoms with Gasteiger partial charge in [-0.1, -0.05) is 6.07 Å². The third kappa shape index (κ3) is 2.65. The molecule has 3 N–H and O–H groups in total. The molecule has 0 saturated carbocycles. The van der Waals surface area contributed by atoms with Crippen LogP contribution in [0.4, 0.5) is 0 Å². The first kappa shape index (κ1) is 14.4. The van der Waals surface area contributed by atoms with Gasteiger partial charge in [0, 0.05) is 11.7 Å². The number of benzene rings is 1. The monoisotopic (exact) mass is 297 g/mol. The fourth-order valence-corrected chi connectivity index (χ4v) is 3.13. The lowest BCUT2D eigenvalue weighted by molar-refractivity contribution is 0.0967. The summed E-state index contributed by atoms with van der Waals surface area (Å²) in [6.45, 7) is 3.60. The van der Waals surface area contributed by atoms with E-state index in [1.54, 1.807) is 20.9 Å². The third-order valence-corrected chi connectivity index (χ3v) is 5.55. The van der Waals surface area contributed by atoms with E-state index in [0.717, 1.165) is 15.6 Å². The maximum atomic E-state index is 11.6. The van der Waals surface area contributed by atoms with E-state index in [0.29, 0.717) is 4.88 Å². The molecule has 19 heavy (non-hydrogen) atoms. The quantitative estimate of drug-likeness (QED) is 0.763. The molecule has 0 aliphatic heterocycles. The lowest BCUT2D eigenvalue weighted by atomic mass is 10.0. The van der Waals surface area contributed by atoms with Crippen LogP contribution in [0.25, 0.3) is 10.1 Å². The van der Waals surface area contributed by atoms with Crippen molar-refractivity contribution in [2.45, 2.75) is 19.0 Å². The van der Waals surface area contributed by atoms with Crippen LogP contribution in [0.1, 0.15) is 29.1 Å². The number of nitrogens with one attached hydrogen (secondary N) is 1. The van der Waals surface area contributed by atoms with E-state index in [1.165, 1.54) is 11.3 Å². The molecule has 1 aromatic carbocycles. The van der Waals surface area contributed by atoms with E-state index in [2.05, 4.69) is 5.32 Å². The van der Waals surface area contributed by atoms with Crippen LogP contribution in [0.5, 0.6) is 0 Å². The van der Waals surface area contributed by atoms with Gasteiger partial charge in [-0.15, -0.1) is 11.3 Å². The number of fused-ring (bicyclic) bond motifs is 1. The van der Waals surface area contributed by atoms with Crippen LogP contribution >= 0.6 is 19.7 Å². The summed E-state index contributed by atoms with van der Waals surface area (Å²) in [6, 6.07) is 7.55. The van der Waals surface area contributed by atoms with E-state index in [9.17, 15) is 14.6 Å². The number of hydrogen-bond acceptors (Lipinski definition) is 4. The van der Waals surface area contributed by atoms with Crippen molar-refractivity contribution < 1.29 is 14.6 Å². The predicted octanol–water partition coefficient (Wildman–Crippen LogP) is 2.79. The highest BCUT2D eigenvalue weighted by molar-refractivity contribution is 7.46. The van der Waals surface area contributed by atoms with Gasteiger partial charge in [0.1, 0.15) is 0 Å². The predicted molar refractivity (Wildman–Crippen MR) is 79.6 cm³/mol. The average Bonchev–Trinajstić information content (AvgIpc) is 2.80. The smallest absolute Gasteiger partial charge is 0.261 e. The highest BCUT2D eigenvalue weighted by atomic mass is 32.1. The van der Waals surface area contributed by atoms with Crippen molar-refractivity contribution >= 4 is 35.7 Å². The Morgan fingerprint density at radius 1 is 1.32 bits per heavy atom. The third-order valence-electron chi connectivity index (χ3n) is 3.17. The van der Waals surface area contributed by atoms with Crippen molar-refractivity contribution in [2.75, 3.05) is 7.05 Å². The summed E-state index contributed by atoms with van der Waals surface area (Å²) in [7, 11) is -0.457. The number of thiophene rings is 1. The van der Waals surface area contributed by atoms with Gasteiger partial charge in [0.2, 0.25) is 0 Å². The normalized spacial score (nSPS) is 12.1. The fraction of sp³-hybridized carbons (Fsp3) is 0.308. The highest BCUT2D eigenvalue weighted by Crippen LogP contribution is 2.49. The van der Waals surface area contributed by atoms with E-state index >= 15 is 0 Å². The minimum Gasteiger partial charge on any atom is -0.354 e. The van der Waals surface area contributed by atoms with Crippen molar-refractivity contribution in [3.05, 3.63) is 34.7 Å². The zero-order valence-corrected chi connectivity index (χ0v) is 12.7. The molecule has 1 aromatic heterocycles. The first-order valence-corrected chi connectivity index (χ1v) is 7.87. The van der Waals surface area contributed by atoms with Crippen molar-refractivity contribution in [1.29, 1.82) is 0 Å². The maximum absolute atomic E-state index is 11.6. The lowest BCUT2D eigenvalue weighted by Crippen LogP contribution is -2.15. The van der Waals surface area contributed by atoms with E-state index < -0.39 is 13.5 Å². The largest absolute Gasteiger partial charge is 0.354 e. The van der Waals surface area contributed by atoms with Crippen molar-refractivity contribution in [3.8, 4) is 0 Å². The molecule has 0 aliphatic rings. The number of rotatable bonds is 3. The summed E-state index contributed by atoms with van der Waals surface area (Å²) in [6.07, 6.45) is 0. The van der Waals surface area contributed by atoms with Gasteiger partial charge in [-0.25, -0.2) is 0 Å². The number of amides is 1. The Bertz CT molecular complexity index is 621. The summed E-state index contributed by atoms with van der Waals surface area (Å²) in [4.78, 5) is 31.2. The zero-order chi connectivity index (χ0) is 14.2. The van der Waals surface area contributed by atoms with Gasteiger partial charge in [0.25, 0.3) is 5.91 Å². The number of hydrogen-bond donors (Lipinski definition) is 3. The zero-order valence-electron chi connectivity index (χ0n) is 11.0. The molecule has 0 radical (unpaired) electrons. The van der Waals surface area contributed by atoms with Gasteiger partial charge in [0.15, 0.2) is 8.38 Å². The van der Waals surface area contributed by atoms with E-state index in [4.69, 9.17) is 0 Å². The van der Waals surface area contributed by atoms with E-state index in [1.807, 2.05) is 24.3 Å². The second-order valence-corrected chi connectivity index (χ2v) is 7.57. The van der Waals surface area contributed by atoms with Gasteiger partial charge in [-0.3, -0.25) is 4.79 Å². The van der Waals surface area contributed by atoms with Crippen LogP contribution in [-0.2, 0) is 5.16 Å². The number of carbonyl (C=O) groups excluding carboxylic acids is 1. The molecule has 0 fully saturated rings. The second kappa shape index (κ2) is 5.17. The average molecular weight is 297 g/mol. The molecule has 6 heteroatoms. The van der Waals surface area contributed by atoms with Crippen molar-refractivity contribution in [2.24, 2.45) is 0 Å². The Morgan fingerprint density at radius 2 is 2.00 bits per heavy atom. The maximum Gasteiger partial charge on any atom is 0.261 e. The van der Waals surface area contributed by atoms with Crippen LogP contribution in [0.15, 0.2) is 24.3 Å². The van der Waals surface area contributed by atoms with Crippen LogP contribution in [0, 0.1) is 0 Å².